The number of nitrogens with zero attached hydrogens (tertiary/aromatic N) is 2. The van der Waals surface area contributed by atoms with Crippen LogP contribution in [0.2, 0.25) is 0 Å². The van der Waals surface area contributed by atoms with Crippen LogP contribution in [0, 0.1) is 0 Å². The van der Waals surface area contributed by atoms with E-state index in [1.165, 1.54) is 4.90 Å². The summed E-state index contributed by atoms with van der Waals surface area (Å²) < 4.78 is 5.21. The van der Waals surface area contributed by atoms with Gasteiger partial charge in [-0.25, -0.2) is 4.79 Å². The van der Waals surface area contributed by atoms with Gasteiger partial charge in [-0.3, -0.25) is 9.89 Å². The Morgan fingerprint density at radius 1 is 1.64 bits per heavy atom. The van der Waals surface area contributed by atoms with Crippen molar-refractivity contribution in [2.24, 2.45) is 4.99 Å². The molecule has 0 aromatic heterocycles. The van der Waals surface area contributed by atoms with Gasteiger partial charge in [0, 0.05) is 0 Å². The zero-order valence-corrected chi connectivity index (χ0v) is 9.84. The van der Waals surface area contributed by atoms with E-state index in [-0.39, 0.29) is 11.5 Å². The van der Waals surface area contributed by atoms with Crippen molar-refractivity contribution in [1.82, 2.24) is 4.90 Å². The molecule has 0 saturated heterocycles. The fraction of sp³-hybridized carbons (Fsp3) is 0.778. The fourth-order valence-electron chi connectivity index (χ4n) is 1.15. The molecule has 0 spiro atoms. The van der Waals surface area contributed by atoms with Crippen molar-refractivity contribution in [1.29, 1.82) is 0 Å². The van der Waals surface area contributed by atoms with Crippen LogP contribution in [0.15, 0.2) is 4.99 Å². The van der Waals surface area contributed by atoms with Crippen LogP contribution in [0.4, 0.5) is 4.79 Å². The van der Waals surface area contributed by atoms with Gasteiger partial charge in [-0.1, -0.05) is 0 Å². The van der Waals surface area contributed by atoms with Gasteiger partial charge in [0.25, 0.3) is 0 Å². The lowest BCUT2D eigenvalue weighted by Gasteiger charge is -2.24. The van der Waals surface area contributed by atoms with Gasteiger partial charge in [0.05, 0.1) is 6.54 Å². The van der Waals surface area contributed by atoms with Crippen molar-refractivity contribution < 1.29 is 9.53 Å². The molecule has 1 aliphatic rings. The first-order valence-corrected chi connectivity index (χ1v) is 5.04. The topological polar surface area (TPSA) is 41.9 Å². The number of hydrogen-bond donors (Lipinski definition) is 1. The Kier molecular flexibility index (Phi) is 3.09. The summed E-state index contributed by atoms with van der Waals surface area (Å²) in [4.78, 5) is 17.2. The van der Waals surface area contributed by atoms with E-state index in [1.54, 1.807) is 6.92 Å². The Labute approximate surface area is 89.7 Å². The fourth-order valence-corrected chi connectivity index (χ4v) is 1.48. The minimum Gasteiger partial charge on any atom is -0.443 e. The summed E-state index contributed by atoms with van der Waals surface area (Å²) in [5.74, 6) is 0.666. The molecule has 1 amide bonds. The van der Waals surface area contributed by atoms with E-state index < -0.39 is 5.60 Å². The summed E-state index contributed by atoms with van der Waals surface area (Å²) in [7, 11) is 0. The Morgan fingerprint density at radius 3 is 2.57 bits per heavy atom. The summed E-state index contributed by atoms with van der Waals surface area (Å²) in [5, 5.41) is -0.123. The number of amidine groups is 1. The molecule has 0 bridgehead atoms. The second-order valence-electron chi connectivity index (χ2n) is 4.25. The molecule has 1 heterocycles. The van der Waals surface area contributed by atoms with Gasteiger partial charge in [0.1, 0.15) is 16.8 Å². The van der Waals surface area contributed by atoms with E-state index >= 15 is 0 Å². The number of carbonyl (C=O) groups excluding carboxylic acids is 1. The third-order valence-electron chi connectivity index (χ3n) is 1.69. The average Bonchev–Trinajstić information content (AvgIpc) is 2.26. The molecule has 0 fully saturated rings. The molecule has 0 aliphatic carbocycles. The van der Waals surface area contributed by atoms with E-state index in [4.69, 9.17) is 4.74 Å². The molecule has 0 N–H and O–H groups in total. The summed E-state index contributed by atoms with van der Waals surface area (Å²) in [6.45, 7) is 7.78. The van der Waals surface area contributed by atoms with Crippen molar-refractivity contribution in [2.75, 3.05) is 6.54 Å². The van der Waals surface area contributed by atoms with E-state index in [1.807, 2.05) is 20.8 Å². The molecule has 80 valence electrons. The van der Waals surface area contributed by atoms with Crippen LogP contribution in [-0.4, -0.2) is 34.3 Å². The van der Waals surface area contributed by atoms with Crippen LogP contribution in [0.25, 0.3) is 0 Å². The second kappa shape index (κ2) is 3.81. The highest BCUT2D eigenvalue weighted by atomic mass is 32.1. The maximum absolute atomic E-state index is 11.6. The van der Waals surface area contributed by atoms with Crippen molar-refractivity contribution in [3.8, 4) is 0 Å². The van der Waals surface area contributed by atoms with Crippen LogP contribution in [0.5, 0.6) is 0 Å². The lowest BCUT2D eigenvalue weighted by atomic mass is 10.2. The average molecular weight is 216 g/mol. The smallest absolute Gasteiger partial charge is 0.415 e. The first kappa shape index (κ1) is 11.4. The highest BCUT2D eigenvalue weighted by Crippen LogP contribution is 2.16. The van der Waals surface area contributed by atoms with E-state index in [2.05, 4.69) is 17.6 Å². The maximum Gasteiger partial charge on any atom is 0.415 e. The second-order valence-corrected chi connectivity index (χ2v) is 4.84. The van der Waals surface area contributed by atoms with Gasteiger partial charge in [-0.05, 0) is 27.7 Å². The highest BCUT2D eigenvalue weighted by molar-refractivity contribution is 7.81. The lowest BCUT2D eigenvalue weighted by molar-refractivity contribution is 0.0381. The molecule has 0 radical (unpaired) electrons. The van der Waals surface area contributed by atoms with Crippen LogP contribution in [-0.2, 0) is 4.74 Å². The zero-order valence-electron chi connectivity index (χ0n) is 8.94. The highest BCUT2D eigenvalue weighted by Gasteiger charge is 2.29. The Bertz CT molecular complexity index is 270. The number of ether oxygens (including phenoxy) is 1. The van der Waals surface area contributed by atoms with Gasteiger partial charge in [0.2, 0.25) is 0 Å². The van der Waals surface area contributed by atoms with Gasteiger partial charge >= 0.3 is 6.09 Å². The third kappa shape index (κ3) is 2.90. The molecule has 1 rings (SSSR count). The number of aliphatic imine (C=N–C) groups is 1. The van der Waals surface area contributed by atoms with Gasteiger partial charge < -0.3 is 4.74 Å². The number of rotatable bonds is 0. The minimum absolute atomic E-state index is 0.123. The first-order valence-electron chi connectivity index (χ1n) is 4.52. The first-order chi connectivity index (χ1) is 6.29. The Balaban J connectivity index is 2.60. The van der Waals surface area contributed by atoms with Gasteiger partial charge in [-0.15, -0.1) is 0 Å². The molecular weight excluding hydrogens is 200 g/mol. The molecule has 14 heavy (non-hydrogen) atoms. The van der Waals surface area contributed by atoms with Crippen molar-refractivity contribution >= 4 is 24.6 Å². The van der Waals surface area contributed by atoms with Crippen LogP contribution in [0.1, 0.15) is 27.7 Å². The largest absolute Gasteiger partial charge is 0.443 e. The monoisotopic (exact) mass is 216 g/mol. The molecule has 5 heteroatoms. The summed E-state index contributed by atoms with van der Waals surface area (Å²) in [6, 6.07) is 0. The van der Waals surface area contributed by atoms with Crippen LogP contribution < -0.4 is 0 Å². The number of carbonyl (C=O) groups is 1. The van der Waals surface area contributed by atoms with E-state index in [9.17, 15) is 4.79 Å². The Morgan fingerprint density at radius 2 is 2.21 bits per heavy atom. The molecule has 0 saturated carbocycles. The molecule has 1 aliphatic heterocycles. The predicted molar refractivity (Wildman–Crippen MR) is 58.8 cm³/mol. The Hall–Kier alpha value is -0.710. The molecule has 1 atom stereocenters. The minimum atomic E-state index is -0.466. The molecular formula is C9H16N2O2S. The quantitative estimate of drug-likeness (QED) is 0.628. The molecule has 0 aromatic carbocycles. The lowest BCUT2D eigenvalue weighted by Crippen LogP contribution is -2.38. The van der Waals surface area contributed by atoms with Crippen LogP contribution in [0.3, 0.4) is 0 Å². The number of amides is 1. The maximum atomic E-state index is 11.6. The summed E-state index contributed by atoms with van der Waals surface area (Å²) >= 11 is 4.18. The normalized spacial score (nSPS) is 22.2. The molecule has 1 unspecified atom stereocenters. The molecule has 0 aromatic rings. The number of thiol groups is 1. The van der Waals surface area contributed by atoms with Crippen molar-refractivity contribution in [3.05, 3.63) is 0 Å². The summed E-state index contributed by atoms with van der Waals surface area (Å²) in [5.41, 5.74) is -0.466. The standard InChI is InChI=1S/C9H16N2O2S/c1-6-10-7(14)5-11(6)8(12)13-9(2,3)4/h7,14H,5H2,1-4H3. The van der Waals surface area contributed by atoms with E-state index in [0.29, 0.717) is 12.4 Å². The summed E-state index contributed by atoms with van der Waals surface area (Å²) in [6.07, 6.45) is -0.352. The third-order valence-corrected chi connectivity index (χ3v) is 1.97. The SMILES string of the molecule is CC1=NC(S)CN1C(=O)OC(C)(C)C. The van der Waals surface area contributed by atoms with Gasteiger partial charge in [-0.2, -0.15) is 12.6 Å². The van der Waals surface area contributed by atoms with Crippen LogP contribution >= 0.6 is 12.6 Å². The van der Waals surface area contributed by atoms with Crippen molar-refractivity contribution in [3.63, 3.8) is 0 Å². The number of hydrogen-bond acceptors (Lipinski definition) is 4. The predicted octanol–water partition coefficient (Wildman–Crippen LogP) is 1.91. The van der Waals surface area contributed by atoms with E-state index in [0.717, 1.165) is 0 Å². The van der Waals surface area contributed by atoms with Gasteiger partial charge in [0.15, 0.2) is 0 Å². The van der Waals surface area contributed by atoms with Crippen molar-refractivity contribution in [2.45, 2.75) is 38.7 Å². The zero-order chi connectivity index (χ0) is 10.9. The molecule has 4 nitrogen and oxygen atoms in total.